The van der Waals surface area contributed by atoms with Gasteiger partial charge in [-0.25, -0.2) is 9.97 Å². The fourth-order valence-corrected chi connectivity index (χ4v) is 1.63. The van der Waals surface area contributed by atoms with E-state index in [0.29, 0.717) is 32.3 Å². The number of anilines is 1. The molecule has 0 saturated heterocycles. The van der Waals surface area contributed by atoms with Gasteiger partial charge in [0.05, 0.1) is 25.4 Å². The molecule has 0 unspecified atom stereocenters. The number of rotatable bonds is 10. The lowest BCUT2D eigenvalue weighted by atomic mass is 10.2. The van der Waals surface area contributed by atoms with Crippen molar-refractivity contribution >= 4 is 5.82 Å². The van der Waals surface area contributed by atoms with Gasteiger partial charge in [-0.3, -0.25) is 0 Å². The molecule has 108 valence electrons. The standard InChI is InChI=1S/C13H23N3O3/c1-4-11-12(14-2)15-10-16-13(11)19-7-5-6-18-9-8-17-3/h10H,4-9H2,1-3H3,(H,14,15,16). The number of nitrogens with one attached hydrogen (secondary N) is 1. The highest BCUT2D eigenvalue weighted by atomic mass is 16.5. The molecule has 6 nitrogen and oxygen atoms in total. The fraction of sp³-hybridized carbons (Fsp3) is 0.692. The number of aromatic nitrogens is 2. The van der Waals surface area contributed by atoms with Crippen LogP contribution in [0.25, 0.3) is 0 Å². The second-order valence-corrected chi connectivity index (χ2v) is 3.92. The molecule has 1 aromatic rings. The van der Waals surface area contributed by atoms with Crippen molar-refractivity contribution in [3.63, 3.8) is 0 Å². The molecule has 0 aromatic carbocycles. The molecule has 1 aromatic heterocycles. The maximum atomic E-state index is 5.67. The van der Waals surface area contributed by atoms with Crippen molar-refractivity contribution in [1.29, 1.82) is 0 Å². The minimum Gasteiger partial charge on any atom is -0.477 e. The zero-order valence-corrected chi connectivity index (χ0v) is 11.9. The third kappa shape index (κ3) is 5.40. The van der Waals surface area contributed by atoms with Crippen molar-refractivity contribution in [1.82, 2.24) is 9.97 Å². The van der Waals surface area contributed by atoms with Crippen LogP contribution in [0.1, 0.15) is 18.9 Å². The average molecular weight is 269 g/mol. The predicted octanol–water partition coefficient (Wildman–Crippen LogP) is 1.51. The highest BCUT2D eigenvalue weighted by Crippen LogP contribution is 2.21. The quantitative estimate of drug-likeness (QED) is 0.650. The Kier molecular flexibility index (Phi) is 7.84. The van der Waals surface area contributed by atoms with Crippen molar-refractivity contribution in [2.75, 3.05) is 45.9 Å². The molecule has 0 amide bonds. The summed E-state index contributed by atoms with van der Waals surface area (Å²) in [5.41, 5.74) is 1.00. The van der Waals surface area contributed by atoms with Crippen molar-refractivity contribution in [3.05, 3.63) is 11.9 Å². The van der Waals surface area contributed by atoms with Gasteiger partial charge in [-0.2, -0.15) is 0 Å². The minimum atomic E-state index is 0.583. The zero-order valence-electron chi connectivity index (χ0n) is 11.9. The van der Waals surface area contributed by atoms with Gasteiger partial charge in [-0.05, 0) is 6.42 Å². The molecule has 0 bridgehead atoms. The van der Waals surface area contributed by atoms with Crippen LogP contribution in [-0.4, -0.2) is 50.6 Å². The molecule has 19 heavy (non-hydrogen) atoms. The molecule has 0 aliphatic carbocycles. The highest BCUT2D eigenvalue weighted by molar-refractivity contribution is 5.48. The Morgan fingerprint density at radius 3 is 2.68 bits per heavy atom. The molecule has 1 N–H and O–H groups in total. The molecule has 0 fully saturated rings. The maximum absolute atomic E-state index is 5.67. The Labute approximate surface area is 114 Å². The number of nitrogens with zero attached hydrogens (tertiary/aromatic N) is 2. The van der Waals surface area contributed by atoms with E-state index in [2.05, 4.69) is 22.2 Å². The Hall–Kier alpha value is -1.40. The summed E-state index contributed by atoms with van der Waals surface area (Å²) >= 11 is 0. The summed E-state index contributed by atoms with van der Waals surface area (Å²) in [4.78, 5) is 8.34. The number of hydrogen-bond acceptors (Lipinski definition) is 6. The van der Waals surface area contributed by atoms with Crippen molar-refractivity contribution in [2.24, 2.45) is 0 Å². The van der Waals surface area contributed by atoms with E-state index in [9.17, 15) is 0 Å². The molecule has 0 aliphatic rings. The van der Waals surface area contributed by atoms with E-state index >= 15 is 0 Å². The summed E-state index contributed by atoms with van der Waals surface area (Å²) in [5, 5.41) is 3.04. The van der Waals surface area contributed by atoms with Crippen molar-refractivity contribution in [3.8, 4) is 5.88 Å². The van der Waals surface area contributed by atoms with Crippen LogP contribution in [0.15, 0.2) is 6.33 Å². The van der Waals surface area contributed by atoms with E-state index in [1.165, 1.54) is 6.33 Å². The lowest BCUT2D eigenvalue weighted by Gasteiger charge is -2.12. The van der Waals surface area contributed by atoms with Gasteiger partial charge in [-0.15, -0.1) is 0 Å². The van der Waals surface area contributed by atoms with Crippen LogP contribution in [0.2, 0.25) is 0 Å². The summed E-state index contributed by atoms with van der Waals surface area (Å²) in [6.07, 6.45) is 3.16. The average Bonchev–Trinajstić information content (AvgIpc) is 2.45. The third-order valence-electron chi connectivity index (χ3n) is 2.60. The predicted molar refractivity (Wildman–Crippen MR) is 73.8 cm³/mol. The largest absolute Gasteiger partial charge is 0.477 e. The van der Waals surface area contributed by atoms with Gasteiger partial charge in [0.2, 0.25) is 5.88 Å². The molecule has 1 rings (SSSR count). The normalized spacial score (nSPS) is 10.5. The number of hydrogen-bond donors (Lipinski definition) is 1. The molecule has 6 heteroatoms. The van der Waals surface area contributed by atoms with E-state index in [1.54, 1.807) is 7.11 Å². The molecule has 0 spiro atoms. The van der Waals surface area contributed by atoms with Crippen LogP contribution >= 0.6 is 0 Å². The molecular weight excluding hydrogens is 246 g/mol. The summed E-state index contributed by atoms with van der Waals surface area (Å²) < 4.78 is 15.9. The zero-order chi connectivity index (χ0) is 13.9. The lowest BCUT2D eigenvalue weighted by Crippen LogP contribution is -2.09. The summed E-state index contributed by atoms with van der Waals surface area (Å²) in [5.74, 6) is 1.47. The van der Waals surface area contributed by atoms with Crippen LogP contribution in [-0.2, 0) is 15.9 Å². The van der Waals surface area contributed by atoms with E-state index in [4.69, 9.17) is 14.2 Å². The van der Waals surface area contributed by atoms with Gasteiger partial charge in [0.25, 0.3) is 0 Å². The monoisotopic (exact) mass is 269 g/mol. The van der Waals surface area contributed by atoms with Crippen LogP contribution in [0.5, 0.6) is 5.88 Å². The second kappa shape index (κ2) is 9.52. The lowest BCUT2D eigenvalue weighted by molar-refractivity contribution is 0.0641. The van der Waals surface area contributed by atoms with Gasteiger partial charge in [0, 0.05) is 27.2 Å². The molecule has 0 atom stereocenters. The molecule has 0 saturated carbocycles. The van der Waals surface area contributed by atoms with Crippen molar-refractivity contribution in [2.45, 2.75) is 19.8 Å². The van der Waals surface area contributed by atoms with E-state index in [0.717, 1.165) is 24.2 Å². The Balaban J connectivity index is 2.33. The van der Waals surface area contributed by atoms with E-state index in [-0.39, 0.29) is 0 Å². The van der Waals surface area contributed by atoms with Crippen LogP contribution < -0.4 is 10.1 Å². The van der Waals surface area contributed by atoms with Gasteiger partial charge >= 0.3 is 0 Å². The van der Waals surface area contributed by atoms with Gasteiger partial charge in [0.15, 0.2) is 0 Å². The Morgan fingerprint density at radius 2 is 2.00 bits per heavy atom. The summed E-state index contributed by atoms with van der Waals surface area (Å²) in [6, 6.07) is 0. The van der Waals surface area contributed by atoms with Gasteiger partial charge in [0.1, 0.15) is 12.1 Å². The van der Waals surface area contributed by atoms with Crippen LogP contribution in [0, 0.1) is 0 Å². The molecule has 0 aliphatic heterocycles. The van der Waals surface area contributed by atoms with Gasteiger partial charge in [-0.1, -0.05) is 6.92 Å². The second-order valence-electron chi connectivity index (χ2n) is 3.92. The van der Waals surface area contributed by atoms with E-state index < -0.39 is 0 Å². The first-order valence-corrected chi connectivity index (χ1v) is 6.54. The topological polar surface area (TPSA) is 65.5 Å². The smallest absolute Gasteiger partial charge is 0.221 e. The summed E-state index contributed by atoms with van der Waals surface area (Å²) in [7, 11) is 3.50. The van der Waals surface area contributed by atoms with Crippen LogP contribution in [0.4, 0.5) is 5.82 Å². The molecular formula is C13H23N3O3. The minimum absolute atomic E-state index is 0.583. The molecule has 0 radical (unpaired) electrons. The Morgan fingerprint density at radius 1 is 1.16 bits per heavy atom. The van der Waals surface area contributed by atoms with Gasteiger partial charge < -0.3 is 19.5 Å². The first-order chi connectivity index (χ1) is 9.33. The highest BCUT2D eigenvalue weighted by Gasteiger charge is 2.09. The third-order valence-corrected chi connectivity index (χ3v) is 2.60. The van der Waals surface area contributed by atoms with E-state index in [1.807, 2.05) is 7.05 Å². The fourth-order valence-electron chi connectivity index (χ4n) is 1.63. The van der Waals surface area contributed by atoms with Crippen LogP contribution in [0.3, 0.4) is 0 Å². The molecule has 1 heterocycles. The summed E-state index contributed by atoms with van der Waals surface area (Å²) in [6.45, 7) is 4.54. The Bertz CT molecular complexity index is 361. The number of ether oxygens (including phenoxy) is 3. The van der Waals surface area contributed by atoms with Crippen molar-refractivity contribution < 1.29 is 14.2 Å². The maximum Gasteiger partial charge on any atom is 0.221 e. The number of methoxy groups -OCH3 is 1. The first-order valence-electron chi connectivity index (χ1n) is 6.54. The first kappa shape index (κ1) is 15.7. The SMILES string of the molecule is CCc1c(NC)ncnc1OCCCOCCOC.